The molecule has 2 rings (SSSR count). The van der Waals surface area contributed by atoms with Crippen molar-refractivity contribution in [1.29, 1.82) is 0 Å². The van der Waals surface area contributed by atoms with E-state index in [1.54, 1.807) is 6.07 Å². The van der Waals surface area contributed by atoms with Crippen molar-refractivity contribution in [2.75, 3.05) is 11.9 Å². The average Bonchev–Trinajstić information content (AvgIpc) is 3.10. The van der Waals surface area contributed by atoms with Crippen LogP contribution < -0.4 is 11.1 Å². The lowest BCUT2D eigenvalue weighted by molar-refractivity contribution is -0.384. The topological polar surface area (TPSA) is 81.2 Å². The summed E-state index contributed by atoms with van der Waals surface area (Å²) in [6.45, 7) is 2.45. The van der Waals surface area contributed by atoms with E-state index in [9.17, 15) is 10.1 Å². The number of nitro benzene ring substituents is 1. The van der Waals surface area contributed by atoms with Gasteiger partial charge in [-0.25, -0.2) is 0 Å². The average molecular weight is 235 g/mol. The molecule has 1 aromatic rings. The fourth-order valence-corrected chi connectivity index (χ4v) is 1.95. The van der Waals surface area contributed by atoms with Crippen molar-refractivity contribution in [2.45, 2.75) is 25.8 Å². The summed E-state index contributed by atoms with van der Waals surface area (Å²) in [4.78, 5) is 10.5. The molecule has 0 saturated heterocycles. The van der Waals surface area contributed by atoms with Crippen LogP contribution in [0.3, 0.4) is 0 Å². The van der Waals surface area contributed by atoms with Gasteiger partial charge in [0.2, 0.25) is 0 Å². The maximum atomic E-state index is 10.9. The molecule has 0 aliphatic heterocycles. The maximum absolute atomic E-state index is 10.9. The van der Waals surface area contributed by atoms with Crippen LogP contribution in [0.1, 0.15) is 18.4 Å². The second kappa shape index (κ2) is 4.71. The molecule has 1 aliphatic rings. The van der Waals surface area contributed by atoms with Crippen molar-refractivity contribution in [2.24, 2.45) is 11.7 Å². The van der Waals surface area contributed by atoms with Crippen molar-refractivity contribution in [3.8, 4) is 0 Å². The molecule has 17 heavy (non-hydrogen) atoms. The second-order valence-corrected chi connectivity index (χ2v) is 4.61. The van der Waals surface area contributed by atoms with Crippen LogP contribution in [0.5, 0.6) is 0 Å². The molecule has 0 aromatic heterocycles. The normalized spacial score (nSPS) is 16.6. The minimum atomic E-state index is -0.363. The quantitative estimate of drug-likeness (QED) is 0.604. The lowest BCUT2D eigenvalue weighted by Gasteiger charge is -2.14. The number of aryl methyl sites for hydroxylation is 1. The van der Waals surface area contributed by atoms with Gasteiger partial charge < -0.3 is 11.1 Å². The number of anilines is 1. The first-order chi connectivity index (χ1) is 8.09. The van der Waals surface area contributed by atoms with E-state index in [-0.39, 0.29) is 16.7 Å². The molecule has 0 heterocycles. The largest absolute Gasteiger partial charge is 0.378 e. The first-order valence-electron chi connectivity index (χ1n) is 5.83. The lowest BCUT2D eigenvalue weighted by Crippen LogP contribution is -2.31. The van der Waals surface area contributed by atoms with Crippen LogP contribution in [0.25, 0.3) is 0 Å². The van der Waals surface area contributed by atoms with E-state index in [0.717, 1.165) is 5.56 Å². The molecule has 1 fully saturated rings. The molecule has 1 atom stereocenters. The van der Waals surface area contributed by atoms with Gasteiger partial charge in [-0.15, -0.1) is 0 Å². The molecule has 0 radical (unpaired) electrons. The van der Waals surface area contributed by atoms with E-state index < -0.39 is 0 Å². The minimum absolute atomic E-state index is 0.0919. The number of hydrogen-bond donors (Lipinski definition) is 2. The predicted octanol–water partition coefficient (Wildman–Crippen LogP) is 2.05. The number of nitrogens with two attached hydrogens (primary N) is 1. The smallest absolute Gasteiger partial charge is 0.292 e. The summed E-state index contributed by atoms with van der Waals surface area (Å²) >= 11 is 0. The van der Waals surface area contributed by atoms with Gasteiger partial charge in [0.1, 0.15) is 5.69 Å². The summed E-state index contributed by atoms with van der Waals surface area (Å²) in [6, 6.07) is 5.16. The predicted molar refractivity (Wildman–Crippen MR) is 67.0 cm³/mol. The molecule has 5 nitrogen and oxygen atoms in total. The van der Waals surface area contributed by atoms with Gasteiger partial charge in [-0.05, 0) is 31.2 Å². The van der Waals surface area contributed by atoms with Crippen molar-refractivity contribution in [1.82, 2.24) is 0 Å². The Labute approximate surface area is 100 Å². The van der Waals surface area contributed by atoms with Crippen molar-refractivity contribution in [3.05, 3.63) is 33.9 Å². The molecule has 0 bridgehead atoms. The number of nitrogens with zero attached hydrogens (tertiary/aromatic N) is 1. The van der Waals surface area contributed by atoms with Crippen LogP contribution in [0.15, 0.2) is 18.2 Å². The Morgan fingerprint density at radius 2 is 2.29 bits per heavy atom. The third-order valence-corrected chi connectivity index (χ3v) is 3.19. The molecule has 1 aromatic carbocycles. The van der Waals surface area contributed by atoms with Gasteiger partial charge in [0, 0.05) is 18.7 Å². The highest BCUT2D eigenvalue weighted by atomic mass is 16.6. The molecule has 1 aliphatic carbocycles. The summed E-state index contributed by atoms with van der Waals surface area (Å²) in [7, 11) is 0. The van der Waals surface area contributed by atoms with Crippen LogP contribution in [0.2, 0.25) is 0 Å². The summed E-state index contributed by atoms with van der Waals surface area (Å²) in [6.07, 6.45) is 2.36. The zero-order valence-corrected chi connectivity index (χ0v) is 9.85. The summed E-state index contributed by atoms with van der Waals surface area (Å²) < 4.78 is 0. The monoisotopic (exact) mass is 235 g/mol. The zero-order chi connectivity index (χ0) is 12.4. The molecular weight excluding hydrogens is 218 g/mol. The third kappa shape index (κ3) is 2.74. The van der Waals surface area contributed by atoms with Crippen LogP contribution in [-0.4, -0.2) is 17.5 Å². The SMILES string of the molecule is Cc1cccc([N+](=O)[O-])c1NCC(N)C1CC1. The fraction of sp³-hybridized carbons (Fsp3) is 0.500. The van der Waals surface area contributed by atoms with Crippen LogP contribution in [0, 0.1) is 23.0 Å². The highest BCUT2D eigenvalue weighted by Crippen LogP contribution is 2.32. The van der Waals surface area contributed by atoms with E-state index in [4.69, 9.17) is 5.73 Å². The number of benzene rings is 1. The second-order valence-electron chi connectivity index (χ2n) is 4.61. The van der Waals surface area contributed by atoms with E-state index in [0.29, 0.717) is 18.2 Å². The molecule has 0 amide bonds. The first kappa shape index (κ1) is 11.9. The summed E-state index contributed by atoms with van der Waals surface area (Å²) in [5, 5.41) is 14.0. The molecule has 1 saturated carbocycles. The highest BCUT2D eigenvalue weighted by Gasteiger charge is 2.28. The third-order valence-electron chi connectivity index (χ3n) is 3.19. The van der Waals surface area contributed by atoms with E-state index in [1.807, 2.05) is 13.0 Å². The van der Waals surface area contributed by atoms with Crippen molar-refractivity contribution >= 4 is 11.4 Å². The van der Waals surface area contributed by atoms with Gasteiger partial charge >= 0.3 is 0 Å². The summed E-state index contributed by atoms with van der Waals surface area (Å²) in [5.74, 6) is 0.588. The number of rotatable bonds is 5. The fourth-order valence-electron chi connectivity index (χ4n) is 1.95. The van der Waals surface area contributed by atoms with Gasteiger partial charge in [-0.3, -0.25) is 10.1 Å². The van der Waals surface area contributed by atoms with Gasteiger partial charge in [-0.2, -0.15) is 0 Å². The Kier molecular flexibility index (Phi) is 3.28. The van der Waals surface area contributed by atoms with Crippen LogP contribution in [-0.2, 0) is 0 Å². The number of nitro groups is 1. The van der Waals surface area contributed by atoms with Crippen molar-refractivity contribution < 1.29 is 4.92 Å². The van der Waals surface area contributed by atoms with Gasteiger partial charge in [-0.1, -0.05) is 12.1 Å². The zero-order valence-electron chi connectivity index (χ0n) is 9.85. The highest BCUT2D eigenvalue weighted by molar-refractivity contribution is 5.66. The molecule has 0 spiro atoms. The Morgan fingerprint density at radius 1 is 1.59 bits per heavy atom. The van der Waals surface area contributed by atoms with E-state index in [1.165, 1.54) is 18.9 Å². The Bertz CT molecular complexity index is 430. The van der Waals surface area contributed by atoms with Gasteiger partial charge in [0.25, 0.3) is 5.69 Å². The summed E-state index contributed by atoms with van der Waals surface area (Å²) in [5.41, 5.74) is 7.56. The van der Waals surface area contributed by atoms with Crippen LogP contribution >= 0.6 is 0 Å². The Hall–Kier alpha value is -1.62. The molecule has 5 heteroatoms. The van der Waals surface area contributed by atoms with E-state index >= 15 is 0 Å². The first-order valence-corrected chi connectivity index (χ1v) is 5.83. The molecule has 3 N–H and O–H groups in total. The Balaban J connectivity index is 2.10. The maximum Gasteiger partial charge on any atom is 0.292 e. The Morgan fingerprint density at radius 3 is 2.88 bits per heavy atom. The standard InChI is InChI=1S/C12H17N3O2/c1-8-3-2-4-11(15(16)17)12(8)14-7-10(13)9-5-6-9/h2-4,9-10,14H,5-7,13H2,1H3. The molecular formula is C12H17N3O2. The van der Waals surface area contributed by atoms with Crippen LogP contribution in [0.4, 0.5) is 11.4 Å². The number of para-hydroxylation sites is 1. The van der Waals surface area contributed by atoms with Gasteiger partial charge in [0.15, 0.2) is 0 Å². The van der Waals surface area contributed by atoms with Crippen molar-refractivity contribution in [3.63, 3.8) is 0 Å². The van der Waals surface area contributed by atoms with E-state index in [2.05, 4.69) is 5.32 Å². The van der Waals surface area contributed by atoms with Gasteiger partial charge in [0.05, 0.1) is 4.92 Å². The number of nitrogens with one attached hydrogen (secondary N) is 1. The number of hydrogen-bond acceptors (Lipinski definition) is 4. The lowest BCUT2D eigenvalue weighted by atomic mass is 10.1. The molecule has 1 unspecified atom stereocenters. The molecule has 92 valence electrons. The minimum Gasteiger partial charge on any atom is -0.378 e.